The van der Waals surface area contributed by atoms with Gasteiger partial charge in [0.15, 0.2) is 0 Å². The van der Waals surface area contributed by atoms with E-state index in [0.29, 0.717) is 5.02 Å². The summed E-state index contributed by atoms with van der Waals surface area (Å²) in [5.41, 5.74) is 0.766. The Kier molecular flexibility index (Phi) is 4.45. The second-order valence-electron chi connectivity index (χ2n) is 4.22. The number of carbonyl (C=O) groups is 2. The fourth-order valence-corrected chi connectivity index (χ4v) is 2.09. The highest BCUT2D eigenvalue weighted by atomic mass is 35.5. The third-order valence-electron chi connectivity index (χ3n) is 2.72. The van der Waals surface area contributed by atoms with E-state index in [1.165, 1.54) is 18.2 Å². The molecule has 1 amide bonds. The van der Waals surface area contributed by atoms with Crippen molar-refractivity contribution in [2.45, 2.75) is 6.92 Å². The first-order valence-corrected chi connectivity index (χ1v) is 6.62. The van der Waals surface area contributed by atoms with Crippen molar-refractivity contribution in [3.8, 4) is 0 Å². The van der Waals surface area contributed by atoms with Gasteiger partial charge in [0.25, 0.3) is 5.91 Å². The smallest absolute Gasteiger partial charge is 0.354 e. The van der Waals surface area contributed by atoms with Crippen molar-refractivity contribution in [2.24, 2.45) is 0 Å². The maximum absolute atomic E-state index is 12.1. The van der Waals surface area contributed by atoms with E-state index in [0.717, 1.165) is 5.56 Å². The van der Waals surface area contributed by atoms with E-state index in [-0.39, 0.29) is 22.1 Å². The Labute approximate surface area is 130 Å². The third kappa shape index (κ3) is 3.32. The molecule has 0 spiro atoms. The van der Waals surface area contributed by atoms with Crippen molar-refractivity contribution in [1.29, 1.82) is 0 Å². The molecule has 7 heteroatoms. The molecule has 0 aliphatic heterocycles. The highest BCUT2D eigenvalue weighted by Crippen LogP contribution is 2.33. The van der Waals surface area contributed by atoms with Gasteiger partial charge in [0.05, 0.1) is 15.7 Å². The van der Waals surface area contributed by atoms with E-state index in [9.17, 15) is 9.59 Å². The van der Waals surface area contributed by atoms with E-state index in [4.69, 9.17) is 28.3 Å². The summed E-state index contributed by atoms with van der Waals surface area (Å²) >= 11 is 12.1. The molecule has 1 aromatic carbocycles. The lowest BCUT2D eigenvalue weighted by atomic mass is 10.2. The number of carboxylic acids is 1. The summed E-state index contributed by atoms with van der Waals surface area (Å²) in [6, 6.07) is 7.47. The summed E-state index contributed by atoms with van der Waals surface area (Å²) in [5, 5.41) is 12.0. The molecule has 0 aliphatic rings. The predicted molar refractivity (Wildman–Crippen MR) is 80.3 cm³/mol. The fourth-order valence-electron chi connectivity index (χ4n) is 1.63. The molecular weight excluding hydrogens is 315 g/mol. The van der Waals surface area contributed by atoms with Gasteiger partial charge in [0.2, 0.25) is 0 Å². The molecule has 108 valence electrons. The second-order valence-corrected chi connectivity index (χ2v) is 5.01. The van der Waals surface area contributed by atoms with Crippen LogP contribution in [0.25, 0.3) is 0 Å². The van der Waals surface area contributed by atoms with Crippen LogP contribution in [0.2, 0.25) is 10.0 Å². The van der Waals surface area contributed by atoms with Crippen LogP contribution in [0.15, 0.2) is 30.3 Å². The molecule has 2 aromatic rings. The van der Waals surface area contributed by atoms with Crippen LogP contribution in [-0.4, -0.2) is 22.0 Å². The number of halogens is 2. The molecule has 2 rings (SSSR count). The van der Waals surface area contributed by atoms with Crippen LogP contribution in [0, 0.1) is 6.92 Å². The molecule has 0 bridgehead atoms. The van der Waals surface area contributed by atoms with Crippen molar-refractivity contribution in [2.75, 3.05) is 5.32 Å². The summed E-state index contributed by atoms with van der Waals surface area (Å²) in [7, 11) is 0. The van der Waals surface area contributed by atoms with E-state index in [2.05, 4.69) is 10.3 Å². The van der Waals surface area contributed by atoms with E-state index in [1.807, 2.05) is 0 Å². The van der Waals surface area contributed by atoms with Gasteiger partial charge < -0.3 is 10.4 Å². The first-order valence-electron chi connectivity index (χ1n) is 5.86. The predicted octanol–water partition coefficient (Wildman–Crippen LogP) is 3.65. The van der Waals surface area contributed by atoms with Crippen molar-refractivity contribution >= 4 is 40.8 Å². The number of aromatic carboxylic acids is 1. The number of hydrogen-bond acceptors (Lipinski definition) is 3. The van der Waals surface area contributed by atoms with Crippen LogP contribution < -0.4 is 5.32 Å². The molecule has 0 saturated heterocycles. The van der Waals surface area contributed by atoms with E-state index >= 15 is 0 Å². The van der Waals surface area contributed by atoms with Gasteiger partial charge in [-0.05, 0) is 30.7 Å². The minimum absolute atomic E-state index is 0.0384. The highest BCUT2D eigenvalue weighted by Gasteiger charge is 2.15. The van der Waals surface area contributed by atoms with E-state index in [1.54, 1.807) is 19.1 Å². The van der Waals surface area contributed by atoms with Gasteiger partial charge in [0.1, 0.15) is 11.4 Å². The Bertz CT molecular complexity index is 732. The Morgan fingerprint density at radius 3 is 2.48 bits per heavy atom. The number of aromatic nitrogens is 1. The summed E-state index contributed by atoms with van der Waals surface area (Å²) in [5.74, 6) is -1.80. The fraction of sp³-hybridized carbons (Fsp3) is 0.0714. The lowest BCUT2D eigenvalue weighted by Gasteiger charge is -2.11. The Balaban J connectivity index is 2.33. The number of hydrogen-bond donors (Lipinski definition) is 2. The molecule has 0 fully saturated rings. The highest BCUT2D eigenvalue weighted by molar-refractivity contribution is 6.40. The summed E-state index contributed by atoms with van der Waals surface area (Å²) in [6.45, 7) is 1.78. The van der Waals surface area contributed by atoms with Crippen molar-refractivity contribution < 1.29 is 14.7 Å². The first-order chi connectivity index (χ1) is 9.90. The number of nitrogens with zero attached hydrogens (tertiary/aromatic N) is 1. The zero-order valence-electron chi connectivity index (χ0n) is 10.9. The molecule has 0 atom stereocenters. The number of benzene rings is 1. The van der Waals surface area contributed by atoms with Gasteiger partial charge in [-0.3, -0.25) is 4.79 Å². The summed E-state index contributed by atoms with van der Waals surface area (Å²) in [4.78, 5) is 26.7. The molecule has 2 N–H and O–H groups in total. The average molecular weight is 325 g/mol. The molecule has 21 heavy (non-hydrogen) atoms. The van der Waals surface area contributed by atoms with Crippen LogP contribution in [0.4, 0.5) is 5.69 Å². The minimum Gasteiger partial charge on any atom is -0.477 e. The van der Waals surface area contributed by atoms with Gasteiger partial charge in [-0.1, -0.05) is 35.3 Å². The normalized spacial score (nSPS) is 10.2. The Hall–Kier alpha value is -2.11. The molecule has 1 heterocycles. The van der Waals surface area contributed by atoms with E-state index < -0.39 is 11.9 Å². The summed E-state index contributed by atoms with van der Waals surface area (Å²) in [6.07, 6.45) is 0. The number of anilines is 1. The maximum atomic E-state index is 12.1. The van der Waals surface area contributed by atoms with Gasteiger partial charge in [-0.2, -0.15) is 0 Å². The second kappa shape index (κ2) is 6.11. The Morgan fingerprint density at radius 1 is 1.14 bits per heavy atom. The number of rotatable bonds is 3. The van der Waals surface area contributed by atoms with Crippen LogP contribution in [0.5, 0.6) is 0 Å². The molecule has 0 saturated carbocycles. The standard InChI is InChI=1S/C14H10Cl2N2O3/c1-7-5-6-8(15)12(11(7)16)18-13(19)9-3-2-4-10(17-9)14(20)21/h2-6H,1H3,(H,18,19)(H,20,21). The first kappa shape index (κ1) is 15.3. The Morgan fingerprint density at radius 2 is 1.81 bits per heavy atom. The quantitative estimate of drug-likeness (QED) is 0.903. The van der Waals surface area contributed by atoms with Crippen LogP contribution >= 0.6 is 23.2 Å². The van der Waals surface area contributed by atoms with Gasteiger partial charge >= 0.3 is 5.97 Å². The number of pyridine rings is 1. The average Bonchev–Trinajstić information content (AvgIpc) is 2.47. The summed E-state index contributed by atoms with van der Waals surface area (Å²) < 4.78 is 0. The lowest BCUT2D eigenvalue weighted by molar-refractivity contribution is 0.0690. The van der Waals surface area contributed by atoms with Crippen molar-refractivity contribution in [1.82, 2.24) is 4.98 Å². The van der Waals surface area contributed by atoms with Crippen LogP contribution in [0.1, 0.15) is 26.5 Å². The SMILES string of the molecule is Cc1ccc(Cl)c(NC(=O)c2cccc(C(=O)O)n2)c1Cl. The molecule has 1 aromatic heterocycles. The number of carbonyl (C=O) groups excluding carboxylic acids is 1. The maximum Gasteiger partial charge on any atom is 0.354 e. The molecule has 0 unspecified atom stereocenters. The number of amides is 1. The van der Waals surface area contributed by atoms with Crippen molar-refractivity contribution in [3.05, 3.63) is 57.3 Å². The molecule has 0 aliphatic carbocycles. The van der Waals surface area contributed by atoms with Gasteiger partial charge in [0, 0.05) is 0 Å². The monoisotopic (exact) mass is 324 g/mol. The zero-order chi connectivity index (χ0) is 15.6. The molecular formula is C14H10Cl2N2O3. The third-order valence-corrected chi connectivity index (χ3v) is 3.53. The largest absolute Gasteiger partial charge is 0.477 e. The number of nitrogens with one attached hydrogen (secondary N) is 1. The lowest BCUT2D eigenvalue weighted by Crippen LogP contribution is -2.16. The zero-order valence-corrected chi connectivity index (χ0v) is 12.4. The topological polar surface area (TPSA) is 79.3 Å². The van der Waals surface area contributed by atoms with Crippen LogP contribution in [0.3, 0.4) is 0 Å². The van der Waals surface area contributed by atoms with Crippen molar-refractivity contribution in [3.63, 3.8) is 0 Å². The number of carboxylic acid groups (broad SMARTS) is 1. The minimum atomic E-state index is -1.21. The number of aryl methyl sites for hydroxylation is 1. The molecule has 5 nitrogen and oxygen atoms in total. The molecule has 0 radical (unpaired) electrons. The van der Waals surface area contributed by atoms with Gasteiger partial charge in [-0.25, -0.2) is 9.78 Å². The van der Waals surface area contributed by atoms with Gasteiger partial charge in [-0.15, -0.1) is 0 Å². The van der Waals surface area contributed by atoms with Crippen LogP contribution in [-0.2, 0) is 0 Å².